The Morgan fingerprint density at radius 3 is 2.45 bits per heavy atom. The van der Waals surface area contributed by atoms with Crippen LogP contribution in [0.15, 0.2) is 72.3 Å². The highest BCUT2D eigenvalue weighted by molar-refractivity contribution is 6.46. The molecule has 0 aromatic heterocycles. The molecule has 0 bridgehead atoms. The molecule has 3 aromatic carbocycles. The number of amides is 1. The van der Waals surface area contributed by atoms with Crippen molar-refractivity contribution < 1.29 is 28.9 Å². The van der Waals surface area contributed by atoms with E-state index >= 15 is 0 Å². The Balaban J connectivity index is 1.61. The predicted molar refractivity (Wildman–Crippen MR) is 143 cm³/mol. The second kappa shape index (κ2) is 9.89. The number of rotatable bonds is 6. The zero-order valence-corrected chi connectivity index (χ0v) is 22.0. The lowest BCUT2D eigenvalue weighted by atomic mass is 9.85. The number of carbonyl (C=O) groups is 2. The van der Waals surface area contributed by atoms with Crippen LogP contribution in [0.4, 0.5) is 0 Å². The lowest BCUT2D eigenvalue weighted by Crippen LogP contribution is -2.29. The van der Waals surface area contributed by atoms with Gasteiger partial charge in [-0.1, -0.05) is 63.2 Å². The van der Waals surface area contributed by atoms with Crippen molar-refractivity contribution >= 4 is 17.4 Å². The minimum atomic E-state index is -0.773. The number of carbonyl (C=O) groups excluding carboxylic acids is 2. The van der Waals surface area contributed by atoms with Crippen LogP contribution < -0.4 is 14.2 Å². The molecule has 1 unspecified atom stereocenters. The standard InChI is InChI=1S/C31H31NO6/c1-5-36-23-8-6-7-21(16-23)28(33)26-27(20-10-12-22(13-11-20)31(2,3)4)32(30(35)29(26)34)17-19-9-14-24-25(15-19)38-18-37-24/h6-16,27,33H,5,17-18H2,1-4H3/b28-26+. The van der Waals surface area contributed by atoms with E-state index in [-0.39, 0.29) is 30.1 Å². The number of fused-ring (bicyclic) bond motifs is 1. The molecule has 7 heteroatoms. The van der Waals surface area contributed by atoms with Gasteiger partial charge in [0, 0.05) is 12.1 Å². The Kier molecular flexibility index (Phi) is 6.61. The van der Waals surface area contributed by atoms with E-state index in [9.17, 15) is 14.7 Å². The van der Waals surface area contributed by atoms with Gasteiger partial charge in [-0.25, -0.2) is 0 Å². The second-order valence-corrected chi connectivity index (χ2v) is 10.4. The van der Waals surface area contributed by atoms with Gasteiger partial charge in [-0.05, 0) is 53.3 Å². The lowest BCUT2D eigenvalue weighted by Gasteiger charge is -2.26. The van der Waals surface area contributed by atoms with Crippen LogP contribution in [0.3, 0.4) is 0 Å². The van der Waals surface area contributed by atoms with E-state index in [1.807, 2.05) is 43.3 Å². The number of hydrogen-bond acceptors (Lipinski definition) is 6. The van der Waals surface area contributed by atoms with Crippen molar-refractivity contribution in [3.63, 3.8) is 0 Å². The Hall–Kier alpha value is -4.26. The van der Waals surface area contributed by atoms with Crippen molar-refractivity contribution in [1.82, 2.24) is 4.90 Å². The summed E-state index contributed by atoms with van der Waals surface area (Å²) in [5.41, 5.74) is 3.04. The monoisotopic (exact) mass is 513 g/mol. The van der Waals surface area contributed by atoms with Crippen molar-refractivity contribution in [1.29, 1.82) is 0 Å². The van der Waals surface area contributed by atoms with E-state index in [1.54, 1.807) is 30.3 Å². The summed E-state index contributed by atoms with van der Waals surface area (Å²) in [7, 11) is 0. The van der Waals surface area contributed by atoms with Crippen molar-refractivity contribution in [2.45, 2.75) is 45.7 Å². The quantitative estimate of drug-likeness (QED) is 0.257. The molecular formula is C31H31NO6. The Bertz CT molecular complexity index is 1420. The summed E-state index contributed by atoms with van der Waals surface area (Å²) in [5, 5.41) is 11.4. The first kappa shape index (κ1) is 25.4. The molecule has 1 amide bonds. The number of Topliss-reactive ketones (excluding diaryl/α,β-unsaturated/α-hetero) is 1. The highest BCUT2D eigenvalue weighted by Gasteiger charge is 2.46. The fraction of sp³-hybridized carbons (Fsp3) is 0.290. The van der Waals surface area contributed by atoms with Crippen LogP contribution in [-0.4, -0.2) is 35.1 Å². The van der Waals surface area contributed by atoms with Crippen LogP contribution in [0.1, 0.15) is 56.0 Å². The summed E-state index contributed by atoms with van der Waals surface area (Å²) in [6, 6.07) is 19.4. The maximum atomic E-state index is 13.4. The molecule has 2 aliphatic rings. The molecule has 196 valence electrons. The summed E-state index contributed by atoms with van der Waals surface area (Å²) in [4.78, 5) is 28.4. The molecule has 1 atom stereocenters. The number of likely N-dealkylation sites (tertiary alicyclic amines) is 1. The molecular weight excluding hydrogens is 482 g/mol. The normalized spacial score (nSPS) is 18.2. The summed E-state index contributed by atoms with van der Waals surface area (Å²) in [6.07, 6.45) is 0. The van der Waals surface area contributed by atoms with Gasteiger partial charge in [-0.15, -0.1) is 0 Å². The molecule has 3 aromatic rings. The third-order valence-electron chi connectivity index (χ3n) is 6.84. The van der Waals surface area contributed by atoms with Gasteiger partial charge in [0.15, 0.2) is 11.5 Å². The van der Waals surface area contributed by atoms with Crippen LogP contribution in [0.25, 0.3) is 5.76 Å². The van der Waals surface area contributed by atoms with E-state index in [2.05, 4.69) is 20.8 Å². The van der Waals surface area contributed by atoms with Crippen LogP contribution in [0.5, 0.6) is 17.2 Å². The summed E-state index contributed by atoms with van der Waals surface area (Å²) in [5.74, 6) is 0.169. The minimum Gasteiger partial charge on any atom is -0.507 e. The van der Waals surface area contributed by atoms with E-state index in [1.165, 1.54) is 4.90 Å². The van der Waals surface area contributed by atoms with E-state index in [0.29, 0.717) is 29.4 Å². The van der Waals surface area contributed by atoms with E-state index < -0.39 is 17.7 Å². The smallest absolute Gasteiger partial charge is 0.295 e. The largest absolute Gasteiger partial charge is 0.507 e. The van der Waals surface area contributed by atoms with Gasteiger partial charge in [0.25, 0.3) is 11.7 Å². The number of ether oxygens (including phenoxy) is 3. The van der Waals surface area contributed by atoms with Crippen LogP contribution in [0, 0.1) is 0 Å². The Morgan fingerprint density at radius 2 is 1.74 bits per heavy atom. The number of nitrogens with zero attached hydrogens (tertiary/aromatic N) is 1. The van der Waals surface area contributed by atoms with Crippen LogP contribution in [0.2, 0.25) is 0 Å². The first-order valence-electron chi connectivity index (χ1n) is 12.7. The van der Waals surface area contributed by atoms with E-state index in [4.69, 9.17) is 14.2 Å². The van der Waals surface area contributed by atoms with Gasteiger partial charge >= 0.3 is 0 Å². The van der Waals surface area contributed by atoms with Gasteiger partial charge < -0.3 is 24.2 Å². The van der Waals surface area contributed by atoms with Crippen LogP contribution in [-0.2, 0) is 21.5 Å². The fourth-order valence-corrected chi connectivity index (χ4v) is 4.85. The summed E-state index contributed by atoms with van der Waals surface area (Å²) >= 11 is 0. The number of aliphatic hydroxyl groups is 1. The van der Waals surface area contributed by atoms with Gasteiger partial charge in [0.2, 0.25) is 6.79 Å². The number of aliphatic hydroxyl groups excluding tert-OH is 1. The van der Waals surface area contributed by atoms with Gasteiger partial charge in [-0.3, -0.25) is 9.59 Å². The molecule has 0 saturated carbocycles. The first-order chi connectivity index (χ1) is 18.2. The Morgan fingerprint density at radius 1 is 1.00 bits per heavy atom. The zero-order chi connectivity index (χ0) is 27.0. The van der Waals surface area contributed by atoms with Crippen molar-refractivity contribution in [3.8, 4) is 17.2 Å². The molecule has 1 saturated heterocycles. The molecule has 2 aliphatic heterocycles. The molecule has 1 N–H and O–H groups in total. The number of ketones is 1. The zero-order valence-electron chi connectivity index (χ0n) is 22.0. The van der Waals surface area contributed by atoms with Gasteiger partial charge in [0.1, 0.15) is 11.5 Å². The van der Waals surface area contributed by atoms with Crippen molar-refractivity contribution in [2.75, 3.05) is 13.4 Å². The molecule has 1 fully saturated rings. The molecule has 0 aliphatic carbocycles. The minimum absolute atomic E-state index is 0.0490. The van der Waals surface area contributed by atoms with Crippen molar-refractivity contribution in [2.24, 2.45) is 0 Å². The molecule has 0 radical (unpaired) electrons. The third-order valence-corrected chi connectivity index (χ3v) is 6.84. The van der Waals surface area contributed by atoms with Gasteiger partial charge in [0.05, 0.1) is 18.2 Å². The van der Waals surface area contributed by atoms with Crippen molar-refractivity contribution in [3.05, 3.63) is 94.6 Å². The maximum Gasteiger partial charge on any atom is 0.295 e. The lowest BCUT2D eigenvalue weighted by molar-refractivity contribution is -0.140. The number of benzene rings is 3. The SMILES string of the molecule is CCOc1cccc(/C(O)=C2\C(=O)C(=O)N(Cc3ccc4c(c3)OCO4)C2c2ccc(C(C)(C)C)cc2)c1. The maximum absolute atomic E-state index is 13.4. The predicted octanol–water partition coefficient (Wildman–Crippen LogP) is 5.73. The molecule has 0 spiro atoms. The number of hydrogen-bond donors (Lipinski definition) is 1. The fourth-order valence-electron chi connectivity index (χ4n) is 4.85. The topological polar surface area (TPSA) is 85.3 Å². The molecule has 38 heavy (non-hydrogen) atoms. The molecule has 5 rings (SSSR count). The average Bonchev–Trinajstić information content (AvgIpc) is 3.46. The first-order valence-corrected chi connectivity index (χ1v) is 12.7. The van der Waals surface area contributed by atoms with E-state index in [0.717, 1.165) is 16.7 Å². The average molecular weight is 514 g/mol. The molecule has 7 nitrogen and oxygen atoms in total. The highest BCUT2D eigenvalue weighted by Crippen LogP contribution is 2.42. The van der Waals surface area contributed by atoms with Gasteiger partial charge in [-0.2, -0.15) is 0 Å². The Labute approximate surface area is 222 Å². The highest BCUT2D eigenvalue weighted by atomic mass is 16.7. The summed E-state index contributed by atoms with van der Waals surface area (Å²) in [6.45, 7) is 9.00. The summed E-state index contributed by atoms with van der Waals surface area (Å²) < 4.78 is 16.5. The van der Waals surface area contributed by atoms with Crippen LogP contribution >= 0.6 is 0 Å². The molecule has 2 heterocycles. The third kappa shape index (κ3) is 4.72. The second-order valence-electron chi connectivity index (χ2n) is 10.4.